The van der Waals surface area contributed by atoms with E-state index >= 15 is 0 Å². The lowest BCUT2D eigenvalue weighted by atomic mass is 10.1. The van der Waals surface area contributed by atoms with Crippen LogP contribution in [-0.2, 0) is 5.54 Å². The van der Waals surface area contributed by atoms with Crippen LogP contribution in [-0.4, -0.2) is 30.3 Å². The van der Waals surface area contributed by atoms with E-state index in [1.54, 1.807) is 4.68 Å². The molecule has 110 valence electrons. The van der Waals surface area contributed by atoms with Crippen LogP contribution < -0.4 is 0 Å². The molecule has 1 unspecified atom stereocenters. The summed E-state index contributed by atoms with van der Waals surface area (Å²) in [6.07, 6.45) is 0. The van der Waals surface area contributed by atoms with Gasteiger partial charge in [0.2, 0.25) is 11.0 Å². The van der Waals surface area contributed by atoms with Gasteiger partial charge in [-0.2, -0.15) is 4.98 Å². The summed E-state index contributed by atoms with van der Waals surface area (Å²) in [6, 6.07) is 0. The van der Waals surface area contributed by atoms with Gasteiger partial charge in [-0.25, -0.2) is 4.68 Å². The third kappa shape index (κ3) is 3.17. The Morgan fingerprint density at radius 3 is 2.45 bits per heavy atom. The Morgan fingerprint density at radius 2 is 1.90 bits per heavy atom. The van der Waals surface area contributed by atoms with E-state index in [9.17, 15) is 0 Å². The van der Waals surface area contributed by atoms with Gasteiger partial charge in [-0.1, -0.05) is 30.8 Å². The Kier molecular flexibility index (Phi) is 4.12. The average Bonchev–Trinajstić information content (AvgIpc) is 2.95. The summed E-state index contributed by atoms with van der Waals surface area (Å²) in [5, 5.41) is 16.6. The molecule has 0 N–H and O–H groups in total. The highest BCUT2D eigenvalue weighted by atomic mass is 32.2. The fourth-order valence-corrected chi connectivity index (χ4v) is 2.54. The van der Waals surface area contributed by atoms with Crippen LogP contribution in [0.25, 0.3) is 0 Å². The van der Waals surface area contributed by atoms with Crippen molar-refractivity contribution in [2.75, 3.05) is 0 Å². The van der Waals surface area contributed by atoms with Crippen molar-refractivity contribution in [2.24, 2.45) is 0 Å². The Bertz CT molecular complexity index is 571. The van der Waals surface area contributed by atoms with Crippen LogP contribution in [0, 0.1) is 0 Å². The molecule has 2 aromatic rings. The summed E-state index contributed by atoms with van der Waals surface area (Å²) in [5.74, 6) is 1.58. The van der Waals surface area contributed by atoms with Gasteiger partial charge in [0.05, 0.1) is 10.8 Å². The molecule has 0 amide bonds. The van der Waals surface area contributed by atoms with Gasteiger partial charge < -0.3 is 4.52 Å². The van der Waals surface area contributed by atoms with E-state index in [2.05, 4.69) is 46.4 Å². The summed E-state index contributed by atoms with van der Waals surface area (Å²) in [5.41, 5.74) is -0.163. The lowest BCUT2D eigenvalue weighted by molar-refractivity contribution is 0.320. The Labute approximate surface area is 122 Å². The minimum atomic E-state index is -0.163. The first kappa shape index (κ1) is 15.0. The number of aromatic nitrogens is 6. The molecule has 20 heavy (non-hydrogen) atoms. The van der Waals surface area contributed by atoms with E-state index in [1.165, 1.54) is 11.8 Å². The molecular formula is C12H20N6OS. The quantitative estimate of drug-likeness (QED) is 0.802. The van der Waals surface area contributed by atoms with Crippen molar-refractivity contribution in [3.63, 3.8) is 0 Å². The number of nitrogens with zero attached hydrogens (tertiary/aromatic N) is 6. The Hall–Kier alpha value is -1.44. The Balaban J connectivity index is 2.15. The molecule has 0 spiro atoms. The van der Waals surface area contributed by atoms with Gasteiger partial charge in [0.25, 0.3) is 0 Å². The summed E-state index contributed by atoms with van der Waals surface area (Å²) >= 11 is 1.51. The van der Waals surface area contributed by atoms with Gasteiger partial charge in [0.15, 0.2) is 5.82 Å². The molecule has 0 aliphatic rings. The number of tetrazole rings is 1. The highest BCUT2D eigenvalue weighted by Gasteiger charge is 2.24. The minimum Gasteiger partial charge on any atom is -0.338 e. The maximum Gasteiger partial charge on any atom is 0.239 e. The van der Waals surface area contributed by atoms with Gasteiger partial charge in [0.1, 0.15) is 0 Å². The lowest BCUT2D eigenvalue weighted by Crippen LogP contribution is -2.24. The van der Waals surface area contributed by atoms with Gasteiger partial charge in [-0.05, 0) is 38.1 Å². The molecule has 0 saturated heterocycles. The zero-order valence-corrected chi connectivity index (χ0v) is 13.5. The van der Waals surface area contributed by atoms with Crippen LogP contribution in [0.3, 0.4) is 0 Å². The standard InChI is InChI=1S/C12H20N6OS/c1-7(2)9-13-10(19-15-9)8(3)20-11-14-16-17-18(11)12(4,5)6/h7-8H,1-6H3. The number of thioether (sulfide) groups is 1. The Morgan fingerprint density at radius 1 is 1.20 bits per heavy atom. The monoisotopic (exact) mass is 296 g/mol. The second-order valence-corrected chi connectivity index (χ2v) is 7.26. The zero-order chi connectivity index (χ0) is 14.9. The third-order valence-corrected chi connectivity index (χ3v) is 3.70. The molecule has 2 rings (SSSR count). The normalized spacial score (nSPS) is 13.9. The highest BCUT2D eigenvalue weighted by Crippen LogP contribution is 2.34. The summed E-state index contributed by atoms with van der Waals surface area (Å²) in [6.45, 7) is 12.2. The fourth-order valence-electron chi connectivity index (χ4n) is 1.53. The zero-order valence-electron chi connectivity index (χ0n) is 12.7. The minimum absolute atomic E-state index is 0.00194. The molecule has 0 aliphatic heterocycles. The number of rotatable bonds is 4. The molecule has 0 aliphatic carbocycles. The van der Waals surface area contributed by atoms with Crippen molar-refractivity contribution in [3.05, 3.63) is 11.7 Å². The van der Waals surface area contributed by atoms with Gasteiger partial charge in [-0.15, -0.1) is 5.10 Å². The predicted molar refractivity (Wildman–Crippen MR) is 75.5 cm³/mol. The second-order valence-electron chi connectivity index (χ2n) is 5.95. The fraction of sp³-hybridized carbons (Fsp3) is 0.750. The summed E-state index contributed by atoms with van der Waals surface area (Å²) in [7, 11) is 0. The second kappa shape index (κ2) is 5.51. The summed E-state index contributed by atoms with van der Waals surface area (Å²) in [4.78, 5) is 4.41. The molecule has 0 aromatic carbocycles. The predicted octanol–water partition coefficient (Wildman–Crippen LogP) is 2.79. The number of hydrogen-bond acceptors (Lipinski definition) is 7. The van der Waals surface area contributed by atoms with E-state index in [0.717, 1.165) is 11.0 Å². The SMILES string of the molecule is CC(C)c1noc(C(C)Sc2nnnn2C(C)(C)C)n1. The van der Waals surface area contributed by atoms with Crippen LogP contribution in [0.5, 0.6) is 0 Å². The van der Waals surface area contributed by atoms with Crippen LogP contribution in [0.4, 0.5) is 0 Å². The van der Waals surface area contributed by atoms with Crippen molar-refractivity contribution in [2.45, 2.75) is 63.4 Å². The van der Waals surface area contributed by atoms with Crippen molar-refractivity contribution < 1.29 is 4.52 Å². The molecule has 0 radical (unpaired) electrons. The van der Waals surface area contributed by atoms with Crippen LogP contribution in [0.1, 0.15) is 64.4 Å². The molecule has 0 saturated carbocycles. The largest absolute Gasteiger partial charge is 0.338 e. The van der Waals surface area contributed by atoms with E-state index in [1.807, 2.05) is 20.8 Å². The van der Waals surface area contributed by atoms with Gasteiger partial charge >= 0.3 is 0 Å². The number of hydrogen-bond donors (Lipinski definition) is 0. The van der Waals surface area contributed by atoms with E-state index in [4.69, 9.17) is 4.52 Å². The molecule has 0 bridgehead atoms. The maximum atomic E-state index is 5.30. The van der Waals surface area contributed by atoms with E-state index in [0.29, 0.717) is 5.89 Å². The first-order valence-corrected chi connectivity index (χ1v) is 7.46. The van der Waals surface area contributed by atoms with Gasteiger partial charge in [0, 0.05) is 5.92 Å². The molecule has 8 heteroatoms. The van der Waals surface area contributed by atoms with Crippen molar-refractivity contribution >= 4 is 11.8 Å². The highest BCUT2D eigenvalue weighted by molar-refractivity contribution is 7.99. The molecule has 1 atom stereocenters. The van der Waals surface area contributed by atoms with Gasteiger partial charge in [-0.3, -0.25) is 0 Å². The maximum absolute atomic E-state index is 5.30. The first-order valence-electron chi connectivity index (χ1n) is 6.58. The van der Waals surface area contributed by atoms with E-state index in [-0.39, 0.29) is 16.7 Å². The average molecular weight is 296 g/mol. The molecule has 7 nitrogen and oxygen atoms in total. The van der Waals surface area contributed by atoms with Crippen LogP contribution >= 0.6 is 11.8 Å². The van der Waals surface area contributed by atoms with E-state index < -0.39 is 0 Å². The molecular weight excluding hydrogens is 276 g/mol. The molecule has 2 heterocycles. The van der Waals surface area contributed by atoms with Crippen LogP contribution in [0.15, 0.2) is 9.68 Å². The molecule has 2 aromatic heterocycles. The summed E-state index contributed by atoms with van der Waals surface area (Å²) < 4.78 is 7.10. The molecule has 0 fully saturated rings. The lowest BCUT2D eigenvalue weighted by Gasteiger charge is -2.19. The van der Waals surface area contributed by atoms with Crippen LogP contribution in [0.2, 0.25) is 0 Å². The first-order chi connectivity index (χ1) is 9.29. The van der Waals surface area contributed by atoms with Crippen molar-refractivity contribution in [1.29, 1.82) is 0 Å². The van der Waals surface area contributed by atoms with Crippen molar-refractivity contribution in [3.8, 4) is 0 Å². The smallest absolute Gasteiger partial charge is 0.239 e. The topological polar surface area (TPSA) is 82.5 Å². The van der Waals surface area contributed by atoms with Crippen molar-refractivity contribution in [1.82, 2.24) is 30.3 Å². The third-order valence-electron chi connectivity index (χ3n) is 2.68.